The highest BCUT2D eigenvalue weighted by Gasteiger charge is 2.32. The molecule has 2 atom stereocenters. The van der Waals surface area contributed by atoms with Gasteiger partial charge in [0.25, 0.3) is 0 Å². The maximum atomic E-state index is 12.5. The Hall–Kier alpha value is -2.24. The van der Waals surface area contributed by atoms with E-state index in [0.717, 1.165) is 24.3 Å². The van der Waals surface area contributed by atoms with Gasteiger partial charge in [0.15, 0.2) is 0 Å². The zero-order valence-electron chi connectivity index (χ0n) is 14.2. The normalized spacial score (nSPS) is 20.2. The number of rotatable bonds is 7. The smallest absolute Gasteiger partial charge is 0.306 e. The van der Waals surface area contributed by atoms with Crippen molar-refractivity contribution < 1.29 is 24.2 Å². The molecule has 2 unspecified atom stereocenters. The van der Waals surface area contributed by atoms with Crippen molar-refractivity contribution in [1.82, 2.24) is 4.90 Å². The van der Waals surface area contributed by atoms with E-state index in [9.17, 15) is 9.59 Å². The first-order valence-electron chi connectivity index (χ1n) is 8.26. The Morgan fingerprint density at radius 1 is 1.17 bits per heavy atom. The van der Waals surface area contributed by atoms with Crippen molar-refractivity contribution in [2.24, 2.45) is 11.8 Å². The molecule has 0 heterocycles. The minimum absolute atomic E-state index is 0.0132. The van der Waals surface area contributed by atoms with Gasteiger partial charge in [-0.1, -0.05) is 6.42 Å². The molecule has 0 bridgehead atoms. The average molecular weight is 335 g/mol. The SMILES string of the molecule is COc1ccc(OCCN(C)C(=O)C2CCCC(C(=O)O)C2)cc1. The third-order valence-corrected chi connectivity index (χ3v) is 4.50. The van der Waals surface area contributed by atoms with Gasteiger partial charge in [0.1, 0.15) is 18.1 Å². The Kier molecular flexibility index (Phi) is 6.46. The second kappa shape index (κ2) is 8.57. The van der Waals surface area contributed by atoms with E-state index in [1.165, 1.54) is 0 Å². The largest absolute Gasteiger partial charge is 0.497 e. The van der Waals surface area contributed by atoms with Crippen LogP contribution < -0.4 is 9.47 Å². The van der Waals surface area contributed by atoms with E-state index in [-0.39, 0.29) is 11.8 Å². The van der Waals surface area contributed by atoms with Gasteiger partial charge in [-0.3, -0.25) is 9.59 Å². The molecule has 0 aliphatic heterocycles. The number of hydrogen-bond acceptors (Lipinski definition) is 4. The van der Waals surface area contributed by atoms with E-state index in [0.29, 0.717) is 26.0 Å². The fourth-order valence-electron chi connectivity index (χ4n) is 3.03. The van der Waals surface area contributed by atoms with E-state index in [1.807, 2.05) is 24.3 Å². The van der Waals surface area contributed by atoms with Crippen LogP contribution in [0.1, 0.15) is 25.7 Å². The van der Waals surface area contributed by atoms with Crippen LogP contribution in [-0.4, -0.2) is 49.2 Å². The maximum Gasteiger partial charge on any atom is 0.306 e. The topological polar surface area (TPSA) is 76.1 Å². The number of hydrogen-bond donors (Lipinski definition) is 1. The molecule has 0 aromatic heterocycles. The zero-order valence-corrected chi connectivity index (χ0v) is 14.2. The van der Waals surface area contributed by atoms with Crippen LogP contribution in [0, 0.1) is 11.8 Å². The van der Waals surface area contributed by atoms with Crippen molar-refractivity contribution in [3.8, 4) is 11.5 Å². The molecular weight excluding hydrogens is 310 g/mol. The molecule has 0 saturated heterocycles. The molecule has 2 rings (SSSR count). The highest BCUT2D eigenvalue weighted by Crippen LogP contribution is 2.30. The molecular formula is C18H25NO5. The summed E-state index contributed by atoms with van der Waals surface area (Å²) < 4.78 is 10.7. The molecule has 6 heteroatoms. The van der Waals surface area contributed by atoms with Crippen LogP contribution in [-0.2, 0) is 9.59 Å². The average Bonchev–Trinajstić information content (AvgIpc) is 2.61. The second-order valence-electron chi connectivity index (χ2n) is 6.18. The van der Waals surface area contributed by atoms with Gasteiger partial charge in [0.05, 0.1) is 19.6 Å². The van der Waals surface area contributed by atoms with Crippen LogP contribution in [0.25, 0.3) is 0 Å². The summed E-state index contributed by atoms with van der Waals surface area (Å²) in [6, 6.07) is 7.27. The van der Waals surface area contributed by atoms with Crippen molar-refractivity contribution in [1.29, 1.82) is 0 Å². The third-order valence-electron chi connectivity index (χ3n) is 4.50. The lowest BCUT2D eigenvalue weighted by atomic mass is 9.81. The monoisotopic (exact) mass is 335 g/mol. The number of carbonyl (C=O) groups is 2. The predicted octanol–water partition coefficient (Wildman–Crippen LogP) is 2.42. The highest BCUT2D eigenvalue weighted by atomic mass is 16.5. The molecule has 0 spiro atoms. The minimum atomic E-state index is -0.794. The van der Waals surface area contributed by atoms with Crippen molar-refractivity contribution >= 4 is 11.9 Å². The van der Waals surface area contributed by atoms with Crippen molar-refractivity contribution in [3.05, 3.63) is 24.3 Å². The number of nitrogens with zero attached hydrogens (tertiary/aromatic N) is 1. The molecule has 1 amide bonds. The summed E-state index contributed by atoms with van der Waals surface area (Å²) in [4.78, 5) is 25.2. The molecule has 1 saturated carbocycles. The van der Waals surface area contributed by atoms with Gasteiger partial charge in [0.2, 0.25) is 5.91 Å². The van der Waals surface area contributed by atoms with E-state index in [1.54, 1.807) is 19.1 Å². The standard InChI is InChI=1S/C18H25NO5/c1-19(10-11-24-16-8-6-15(23-2)7-9-16)17(20)13-4-3-5-14(12-13)18(21)22/h6-9,13-14H,3-5,10-12H2,1-2H3,(H,21,22). The summed E-state index contributed by atoms with van der Waals surface area (Å²) in [5.74, 6) is 0.125. The summed E-state index contributed by atoms with van der Waals surface area (Å²) in [5, 5.41) is 9.13. The van der Waals surface area contributed by atoms with Gasteiger partial charge in [-0.2, -0.15) is 0 Å². The number of carboxylic acid groups (broad SMARTS) is 1. The molecule has 0 radical (unpaired) electrons. The summed E-state index contributed by atoms with van der Waals surface area (Å²) in [6.45, 7) is 0.864. The van der Waals surface area contributed by atoms with Crippen molar-refractivity contribution in [2.75, 3.05) is 27.3 Å². The first-order valence-corrected chi connectivity index (χ1v) is 8.26. The Balaban J connectivity index is 1.77. The number of ether oxygens (including phenoxy) is 2. The summed E-state index contributed by atoms with van der Waals surface area (Å²) in [5.41, 5.74) is 0. The van der Waals surface area contributed by atoms with Gasteiger partial charge in [-0.15, -0.1) is 0 Å². The molecule has 1 fully saturated rings. The van der Waals surface area contributed by atoms with E-state index >= 15 is 0 Å². The first kappa shape index (κ1) is 18.1. The Morgan fingerprint density at radius 2 is 1.79 bits per heavy atom. The first-order chi connectivity index (χ1) is 11.5. The summed E-state index contributed by atoms with van der Waals surface area (Å²) in [7, 11) is 3.35. The van der Waals surface area contributed by atoms with Crippen LogP contribution in [0.4, 0.5) is 0 Å². The quantitative estimate of drug-likeness (QED) is 0.828. The fraction of sp³-hybridized carbons (Fsp3) is 0.556. The molecule has 1 aliphatic carbocycles. The van der Waals surface area contributed by atoms with Gasteiger partial charge in [-0.25, -0.2) is 0 Å². The number of methoxy groups -OCH3 is 1. The fourth-order valence-corrected chi connectivity index (χ4v) is 3.03. The summed E-state index contributed by atoms with van der Waals surface area (Å²) in [6.07, 6.45) is 2.68. The zero-order chi connectivity index (χ0) is 17.5. The number of carbonyl (C=O) groups excluding carboxylic acids is 1. The second-order valence-corrected chi connectivity index (χ2v) is 6.18. The van der Waals surface area contributed by atoms with Gasteiger partial charge < -0.3 is 19.5 Å². The molecule has 6 nitrogen and oxygen atoms in total. The molecule has 1 aromatic rings. The predicted molar refractivity (Wildman–Crippen MR) is 89.2 cm³/mol. The molecule has 24 heavy (non-hydrogen) atoms. The number of benzene rings is 1. The van der Waals surface area contributed by atoms with E-state index in [2.05, 4.69) is 0 Å². The van der Waals surface area contributed by atoms with Crippen LogP contribution >= 0.6 is 0 Å². The van der Waals surface area contributed by atoms with Gasteiger partial charge in [-0.05, 0) is 43.5 Å². The molecule has 1 aliphatic rings. The highest BCUT2D eigenvalue weighted by molar-refractivity contribution is 5.80. The number of likely N-dealkylation sites (N-methyl/N-ethyl adjacent to an activating group) is 1. The lowest BCUT2D eigenvalue weighted by molar-refractivity contribution is -0.145. The number of carboxylic acids is 1. The lowest BCUT2D eigenvalue weighted by Crippen LogP contribution is -2.38. The minimum Gasteiger partial charge on any atom is -0.497 e. The van der Waals surface area contributed by atoms with Crippen molar-refractivity contribution in [3.63, 3.8) is 0 Å². The van der Waals surface area contributed by atoms with Crippen LogP contribution in [0.2, 0.25) is 0 Å². The number of aliphatic carboxylic acids is 1. The molecule has 132 valence electrons. The summed E-state index contributed by atoms with van der Waals surface area (Å²) >= 11 is 0. The molecule has 1 aromatic carbocycles. The van der Waals surface area contributed by atoms with E-state index in [4.69, 9.17) is 14.6 Å². The van der Waals surface area contributed by atoms with Crippen LogP contribution in [0.3, 0.4) is 0 Å². The Bertz CT molecular complexity index is 557. The van der Waals surface area contributed by atoms with Crippen molar-refractivity contribution in [2.45, 2.75) is 25.7 Å². The van der Waals surface area contributed by atoms with Gasteiger partial charge in [0, 0.05) is 13.0 Å². The Morgan fingerprint density at radius 3 is 2.42 bits per heavy atom. The Labute approximate surface area is 142 Å². The molecule has 1 N–H and O–H groups in total. The van der Waals surface area contributed by atoms with Crippen LogP contribution in [0.5, 0.6) is 11.5 Å². The lowest BCUT2D eigenvalue weighted by Gasteiger charge is -2.29. The van der Waals surface area contributed by atoms with E-state index < -0.39 is 11.9 Å². The number of amides is 1. The maximum absolute atomic E-state index is 12.5. The van der Waals surface area contributed by atoms with Crippen LogP contribution in [0.15, 0.2) is 24.3 Å². The van der Waals surface area contributed by atoms with Gasteiger partial charge >= 0.3 is 5.97 Å². The third kappa shape index (κ3) is 4.88.